The molecule has 0 radical (unpaired) electrons. The second-order valence-electron chi connectivity index (χ2n) is 9.69. The summed E-state index contributed by atoms with van der Waals surface area (Å²) >= 11 is 0. The summed E-state index contributed by atoms with van der Waals surface area (Å²) in [5, 5.41) is 7.49. The van der Waals surface area contributed by atoms with Crippen LogP contribution in [0.1, 0.15) is 64.0 Å². The Morgan fingerprint density at radius 2 is 1.90 bits per heavy atom. The van der Waals surface area contributed by atoms with Crippen molar-refractivity contribution in [1.82, 2.24) is 10.6 Å². The Morgan fingerprint density at radius 1 is 1.14 bits per heavy atom. The third-order valence-corrected chi connectivity index (χ3v) is 7.64. The van der Waals surface area contributed by atoms with E-state index in [1.165, 1.54) is 18.4 Å². The van der Waals surface area contributed by atoms with E-state index in [4.69, 9.17) is 9.47 Å². The highest BCUT2D eigenvalue weighted by Crippen LogP contribution is 2.52. The van der Waals surface area contributed by atoms with Crippen molar-refractivity contribution in [3.63, 3.8) is 0 Å². The molecule has 5 rings (SSSR count). The zero-order chi connectivity index (χ0) is 19.4. The van der Waals surface area contributed by atoms with E-state index in [0.29, 0.717) is 18.1 Å². The number of hydrogen-bond donors (Lipinski definition) is 2. The molecule has 2 heterocycles. The van der Waals surface area contributed by atoms with Crippen LogP contribution in [0.2, 0.25) is 0 Å². The Morgan fingerprint density at radius 3 is 2.66 bits per heavy atom. The monoisotopic (exact) mass is 511 g/mol. The number of benzene rings is 1. The van der Waals surface area contributed by atoms with Crippen molar-refractivity contribution in [2.24, 2.45) is 16.3 Å². The van der Waals surface area contributed by atoms with Crippen molar-refractivity contribution in [1.29, 1.82) is 0 Å². The molecule has 0 bridgehead atoms. The largest absolute Gasteiger partial charge is 0.487 e. The molecule has 0 amide bonds. The molecule has 0 aromatic heterocycles. The molecule has 6 heteroatoms. The minimum absolute atomic E-state index is 0. The fourth-order valence-corrected chi connectivity index (χ4v) is 6.17. The Hall–Kier alpha value is -1.02. The lowest BCUT2D eigenvalue weighted by Gasteiger charge is -2.55. The van der Waals surface area contributed by atoms with Gasteiger partial charge >= 0.3 is 0 Å². The van der Waals surface area contributed by atoms with Crippen LogP contribution in [-0.4, -0.2) is 37.4 Å². The Balaban J connectivity index is 0.00000205. The maximum Gasteiger partial charge on any atom is 0.191 e. The summed E-state index contributed by atoms with van der Waals surface area (Å²) in [5.74, 6) is 2.53. The Kier molecular flexibility index (Phi) is 5.79. The quantitative estimate of drug-likeness (QED) is 0.351. The molecule has 3 fully saturated rings. The highest BCUT2D eigenvalue weighted by molar-refractivity contribution is 14.0. The first-order chi connectivity index (χ1) is 13.5. The molecule has 29 heavy (non-hydrogen) atoms. The smallest absolute Gasteiger partial charge is 0.191 e. The summed E-state index contributed by atoms with van der Waals surface area (Å²) in [5.41, 5.74) is 1.38. The number of aliphatic imine (C=N–C) groups is 1. The first-order valence-corrected chi connectivity index (χ1v) is 10.9. The topological polar surface area (TPSA) is 54.9 Å². The van der Waals surface area contributed by atoms with Gasteiger partial charge in [-0.25, -0.2) is 0 Å². The van der Waals surface area contributed by atoms with E-state index >= 15 is 0 Å². The van der Waals surface area contributed by atoms with Gasteiger partial charge in [-0.15, -0.1) is 24.0 Å². The fraction of sp³-hybridized carbons (Fsp3) is 0.696. The van der Waals surface area contributed by atoms with Crippen molar-refractivity contribution >= 4 is 29.9 Å². The van der Waals surface area contributed by atoms with E-state index in [1.54, 1.807) is 0 Å². The molecule has 1 spiro atoms. The van der Waals surface area contributed by atoms with Crippen molar-refractivity contribution in [2.45, 2.75) is 76.2 Å². The molecule has 4 unspecified atom stereocenters. The third-order valence-electron chi connectivity index (χ3n) is 7.64. The molecule has 2 N–H and O–H groups in total. The average Bonchev–Trinajstić information content (AvgIpc) is 3.33. The molecular formula is C23H34IN3O2. The van der Waals surface area contributed by atoms with Crippen LogP contribution in [-0.2, 0) is 4.74 Å². The van der Waals surface area contributed by atoms with Gasteiger partial charge in [0.15, 0.2) is 5.96 Å². The van der Waals surface area contributed by atoms with Crippen LogP contribution in [0, 0.1) is 11.3 Å². The number of nitrogens with one attached hydrogen (secondary N) is 2. The number of rotatable bonds is 2. The van der Waals surface area contributed by atoms with Gasteiger partial charge in [0.1, 0.15) is 11.4 Å². The predicted molar refractivity (Wildman–Crippen MR) is 126 cm³/mol. The van der Waals surface area contributed by atoms with E-state index in [0.717, 1.165) is 44.0 Å². The summed E-state index contributed by atoms with van der Waals surface area (Å²) < 4.78 is 12.5. The molecule has 1 aromatic rings. The van der Waals surface area contributed by atoms with Gasteiger partial charge in [0, 0.05) is 43.0 Å². The lowest BCUT2D eigenvalue weighted by atomic mass is 9.57. The second-order valence-corrected chi connectivity index (χ2v) is 9.69. The van der Waals surface area contributed by atoms with Gasteiger partial charge in [0.2, 0.25) is 0 Å². The molecule has 1 aromatic carbocycles. The van der Waals surface area contributed by atoms with E-state index < -0.39 is 0 Å². The SMILES string of the molecule is CN=C(NC1CC2(CCCC2)Oc2ccccc21)NC1C2CCOC2C1(C)C.I. The summed E-state index contributed by atoms with van der Waals surface area (Å²) in [6.07, 6.45) is 7.38. The number of para-hydroxylation sites is 1. The second kappa shape index (κ2) is 7.91. The number of hydrogen-bond acceptors (Lipinski definition) is 3. The van der Waals surface area contributed by atoms with Crippen molar-refractivity contribution in [2.75, 3.05) is 13.7 Å². The highest BCUT2D eigenvalue weighted by atomic mass is 127. The molecule has 5 nitrogen and oxygen atoms in total. The van der Waals surface area contributed by atoms with E-state index in [2.05, 4.69) is 53.7 Å². The van der Waals surface area contributed by atoms with E-state index in [9.17, 15) is 0 Å². The van der Waals surface area contributed by atoms with Crippen molar-refractivity contribution in [3.05, 3.63) is 29.8 Å². The number of halogens is 1. The number of fused-ring (bicyclic) bond motifs is 2. The van der Waals surface area contributed by atoms with Crippen LogP contribution < -0.4 is 15.4 Å². The third kappa shape index (κ3) is 3.54. The lowest BCUT2D eigenvalue weighted by molar-refractivity contribution is -0.107. The number of guanidine groups is 1. The van der Waals surface area contributed by atoms with Crippen molar-refractivity contribution in [3.8, 4) is 5.75 Å². The summed E-state index contributed by atoms with van der Waals surface area (Å²) in [4.78, 5) is 4.58. The van der Waals surface area contributed by atoms with Gasteiger partial charge in [0.25, 0.3) is 0 Å². The van der Waals surface area contributed by atoms with Gasteiger partial charge in [-0.05, 0) is 38.2 Å². The number of ether oxygens (including phenoxy) is 2. The van der Waals surface area contributed by atoms with E-state index in [-0.39, 0.29) is 41.0 Å². The molecule has 4 aliphatic rings. The molecule has 4 atom stereocenters. The molecule has 1 saturated heterocycles. The molecular weight excluding hydrogens is 477 g/mol. The van der Waals surface area contributed by atoms with Gasteiger partial charge in [-0.2, -0.15) is 0 Å². The molecule has 2 saturated carbocycles. The summed E-state index contributed by atoms with van der Waals surface area (Å²) in [6, 6.07) is 9.13. The minimum Gasteiger partial charge on any atom is -0.487 e. The standard InChI is InChI=1S/C23H33N3O2.HI/c1-22(2)19(16-10-13-27-20(16)22)26-21(24-3)25-17-14-23(11-6-7-12-23)28-18-9-5-4-8-15(17)18;/h4-5,8-9,16-17,19-20H,6-7,10-14H2,1-3H3,(H2,24,25,26);1H. The van der Waals surface area contributed by atoms with Crippen LogP contribution >= 0.6 is 24.0 Å². The van der Waals surface area contributed by atoms with Crippen LogP contribution in [0.15, 0.2) is 29.3 Å². The van der Waals surface area contributed by atoms with Crippen LogP contribution in [0.3, 0.4) is 0 Å². The number of nitrogens with zero attached hydrogens (tertiary/aromatic N) is 1. The van der Waals surface area contributed by atoms with Crippen LogP contribution in [0.5, 0.6) is 5.75 Å². The van der Waals surface area contributed by atoms with Crippen LogP contribution in [0.25, 0.3) is 0 Å². The van der Waals surface area contributed by atoms with E-state index in [1.807, 2.05) is 7.05 Å². The normalized spacial score (nSPS) is 33.7. The first-order valence-electron chi connectivity index (χ1n) is 10.9. The highest BCUT2D eigenvalue weighted by Gasteiger charge is 2.59. The predicted octanol–water partition coefficient (Wildman–Crippen LogP) is 4.42. The van der Waals surface area contributed by atoms with Gasteiger partial charge < -0.3 is 20.1 Å². The first kappa shape index (κ1) is 21.2. The molecule has 2 aliphatic heterocycles. The maximum absolute atomic E-state index is 6.51. The van der Waals surface area contributed by atoms with Crippen LogP contribution in [0.4, 0.5) is 0 Å². The minimum atomic E-state index is -0.00893. The fourth-order valence-electron chi connectivity index (χ4n) is 6.17. The Bertz CT molecular complexity index is 775. The summed E-state index contributed by atoms with van der Waals surface area (Å²) in [6.45, 7) is 5.50. The van der Waals surface area contributed by atoms with Gasteiger partial charge in [0.05, 0.1) is 12.1 Å². The molecule has 2 aliphatic carbocycles. The average molecular weight is 511 g/mol. The summed E-state index contributed by atoms with van der Waals surface area (Å²) in [7, 11) is 1.88. The Labute approximate surface area is 191 Å². The lowest BCUT2D eigenvalue weighted by Crippen LogP contribution is -2.68. The maximum atomic E-state index is 6.51. The van der Waals surface area contributed by atoms with Gasteiger partial charge in [-0.3, -0.25) is 4.99 Å². The molecule has 160 valence electrons. The van der Waals surface area contributed by atoms with Gasteiger partial charge in [-0.1, -0.05) is 32.0 Å². The van der Waals surface area contributed by atoms with Crippen molar-refractivity contribution < 1.29 is 9.47 Å². The zero-order valence-corrected chi connectivity index (χ0v) is 20.1. The zero-order valence-electron chi connectivity index (χ0n) is 17.7.